The molecule has 0 spiro atoms. The number of nitrogens with zero attached hydrogens (tertiary/aromatic N) is 1. The molecule has 6 nitrogen and oxygen atoms in total. The van der Waals surface area contributed by atoms with Gasteiger partial charge in [-0.25, -0.2) is 18.1 Å². The highest BCUT2D eigenvalue weighted by molar-refractivity contribution is 7.89. The molecule has 19 heavy (non-hydrogen) atoms. The van der Waals surface area contributed by atoms with E-state index in [0.717, 1.165) is 12.8 Å². The van der Waals surface area contributed by atoms with Gasteiger partial charge >= 0.3 is 0 Å². The summed E-state index contributed by atoms with van der Waals surface area (Å²) in [6.07, 6.45) is 3.89. The number of nitrogens with one attached hydrogen (secondary N) is 3. The maximum Gasteiger partial charge on any atom is 0.257 e. The lowest BCUT2D eigenvalue weighted by atomic mass is 9.96. The second kappa shape index (κ2) is 5.60. The standard InChI is InChI=1S/C12H22N4O2S/c1-4-11-13-7-12(15-11)19(17,18)16-10-6-5-8(2)14-9(10)3/h7-10,14,16H,4-6H2,1-3H3,(H,13,15). The summed E-state index contributed by atoms with van der Waals surface area (Å²) in [5, 5.41) is 3.52. The van der Waals surface area contributed by atoms with Gasteiger partial charge in [0, 0.05) is 24.5 Å². The van der Waals surface area contributed by atoms with Crippen molar-refractivity contribution in [2.24, 2.45) is 0 Å². The number of aryl methyl sites for hydroxylation is 1. The number of rotatable bonds is 4. The summed E-state index contributed by atoms with van der Waals surface area (Å²) in [6, 6.07) is 0.497. The molecule has 1 aromatic rings. The van der Waals surface area contributed by atoms with Crippen molar-refractivity contribution >= 4 is 10.0 Å². The molecular weight excluding hydrogens is 264 g/mol. The predicted octanol–water partition coefficient (Wildman–Crippen LogP) is 0.779. The maximum absolute atomic E-state index is 12.2. The number of H-pyrrole nitrogens is 1. The van der Waals surface area contributed by atoms with Crippen molar-refractivity contribution in [3.63, 3.8) is 0 Å². The van der Waals surface area contributed by atoms with Gasteiger partial charge in [-0.05, 0) is 26.7 Å². The third-order valence-electron chi connectivity index (χ3n) is 3.60. The van der Waals surface area contributed by atoms with Crippen LogP contribution in [0, 0.1) is 0 Å². The molecular formula is C12H22N4O2S. The fourth-order valence-electron chi connectivity index (χ4n) is 2.41. The van der Waals surface area contributed by atoms with Crippen molar-refractivity contribution in [3.8, 4) is 0 Å². The van der Waals surface area contributed by atoms with E-state index in [1.807, 2.05) is 13.8 Å². The zero-order valence-electron chi connectivity index (χ0n) is 11.6. The van der Waals surface area contributed by atoms with E-state index in [-0.39, 0.29) is 17.1 Å². The van der Waals surface area contributed by atoms with Gasteiger partial charge in [0.2, 0.25) is 0 Å². The Hall–Kier alpha value is -0.920. The van der Waals surface area contributed by atoms with Crippen LogP contribution in [0.4, 0.5) is 0 Å². The monoisotopic (exact) mass is 286 g/mol. The minimum atomic E-state index is -3.51. The number of sulfonamides is 1. The number of aromatic nitrogens is 2. The number of aromatic amines is 1. The Kier molecular flexibility index (Phi) is 4.27. The molecule has 2 heterocycles. The molecule has 1 aliphatic heterocycles. The topological polar surface area (TPSA) is 86.9 Å². The predicted molar refractivity (Wildman–Crippen MR) is 73.4 cm³/mol. The Morgan fingerprint density at radius 2 is 2.16 bits per heavy atom. The minimum Gasteiger partial charge on any atom is -0.332 e. The summed E-state index contributed by atoms with van der Waals surface area (Å²) in [4.78, 5) is 6.87. The second-order valence-electron chi connectivity index (χ2n) is 5.21. The smallest absolute Gasteiger partial charge is 0.257 e. The van der Waals surface area contributed by atoms with Crippen LogP contribution in [0.25, 0.3) is 0 Å². The summed E-state index contributed by atoms with van der Waals surface area (Å²) in [5.74, 6) is 0.684. The van der Waals surface area contributed by atoms with Crippen LogP contribution in [-0.2, 0) is 16.4 Å². The van der Waals surface area contributed by atoms with E-state index in [0.29, 0.717) is 18.3 Å². The summed E-state index contributed by atoms with van der Waals surface area (Å²) >= 11 is 0. The number of hydrogen-bond donors (Lipinski definition) is 3. The first kappa shape index (κ1) is 14.5. The van der Waals surface area contributed by atoms with Crippen LogP contribution >= 0.6 is 0 Å². The van der Waals surface area contributed by atoms with E-state index in [1.54, 1.807) is 0 Å². The molecule has 3 atom stereocenters. The molecule has 1 aromatic heterocycles. The van der Waals surface area contributed by atoms with Crippen molar-refractivity contribution in [2.45, 2.75) is 63.2 Å². The second-order valence-corrected chi connectivity index (χ2v) is 6.89. The van der Waals surface area contributed by atoms with Gasteiger partial charge in [0.25, 0.3) is 10.0 Å². The molecule has 7 heteroatoms. The highest BCUT2D eigenvalue weighted by Gasteiger charge is 2.29. The van der Waals surface area contributed by atoms with E-state index in [2.05, 4.69) is 26.9 Å². The highest BCUT2D eigenvalue weighted by Crippen LogP contribution is 2.16. The van der Waals surface area contributed by atoms with Gasteiger partial charge in [0.1, 0.15) is 5.82 Å². The van der Waals surface area contributed by atoms with Crippen molar-refractivity contribution < 1.29 is 8.42 Å². The molecule has 1 aliphatic rings. The van der Waals surface area contributed by atoms with Crippen LogP contribution in [0.2, 0.25) is 0 Å². The molecule has 0 radical (unpaired) electrons. The highest BCUT2D eigenvalue weighted by atomic mass is 32.2. The van der Waals surface area contributed by atoms with Gasteiger partial charge in [-0.2, -0.15) is 0 Å². The molecule has 3 N–H and O–H groups in total. The molecule has 2 rings (SSSR count). The first-order valence-corrected chi connectivity index (χ1v) is 8.23. The maximum atomic E-state index is 12.2. The largest absolute Gasteiger partial charge is 0.332 e. The van der Waals surface area contributed by atoms with Crippen LogP contribution in [0.5, 0.6) is 0 Å². The molecule has 0 amide bonds. The molecule has 0 aliphatic carbocycles. The van der Waals surface area contributed by atoms with E-state index in [4.69, 9.17) is 0 Å². The third kappa shape index (κ3) is 3.34. The van der Waals surface area contributed by atoms with Gasteiger partial charge in [0.05, 0.1) is 6.20 Å². The fourth-order valence-corrected chi connectivity index (χ4v) is 3.70. The van der Waals surface area contributed by atoms with Crippen molar-refractivity contribution in [1.82, 2.24) is 20.0 Å². The quantitative estimate of drug-likeness (QED) is 0.763. The molecule has 1 saturated heterocycles. The average Bonchev–Trinajstić information content (AvgIpc) is 2.82. The zero-order valence-corrected chi connectivity index (χ0v) is 12.4. The first-order chi connectivity index (χ1) is 8.92. The molecule has 3 unspecified atom stereocenters. The van der Waals surface area contributed by atoms with Crippen molar-refractivity contribution in [3.05, 3.63) is 12.0 Å². The number of piperidine rings is 1. The Bertz CT molecular complexity index is 526. The van der Waals surface area contributed by atoms with Gasteiger partial charge < -0.3 is 10.3 Å². The molecule has 1 fully saturated rings. The van der Waals surface area contributed by atoms with Gasteiger partial charge in [-0.15, -0.1) is 0 Å². The molecule has 0 bridgehead atoms. The number of hydrogen-bond acceptors (Lipinski definition) is 4. The Balaban J connectivity index is 2.08. The van der Waals surface area contributed by atoms with Gasteiger partial charge in [-0.1, -0.05) is 6.92 Å². The SMILES string of the molecule is CCc1ncc(S(=O)(=O)NC2CCC(C)NC2C)[nH]1. The Labute approximate surface area is 114 Å². The van der Waals surface area contributed by atoms with E-state index >= 15 is 0 Å². The van der Waals surface area contributed by atoms with E-state index in [1.165, 1.54) is 6.20 Å². The fraction of sp³-hybridized carbons (Fsp3) is 0.750. The van der Waals surface area contributed by atoms with Crippen LogP contribution in [0.1, 0.15) is 39.4 Å². The van der Waals surface area contributed by atoms with Crippen molar-refractivity contribution in [2.75, 3.05) is 0 Å². The zero-order chi connectivity index (χ0) is 14.0. The molecule has 108 valence electrons. The Morgan fingerprint density at radius 3 is 2.74 bits per heavy atom. The summed E-state index contributed by atoms with van der Waals surface area (Å²) in [6.45, 7) is 6.05. The van der Waals surface area contributed by atoms with E-state index < -0.39 is 10.0 Å². The van der Waals surface area contributed by atoms with E-state index in [9.17, 15) is 8.42 Å². The van der Waals surface area contributed by atoms with Crippen LogP contribution < -0.4 is 10.0 Å². The van der Waals surface area contributed by atoms with Crippen molar-refractivity contribution in [1.29, 1.82) is 0 Å². The minimum absolute atomic E-state index is 0.0745. The van der Waals surface area contributed by atoms with Gasteiger partial charge in [-0.3, -0.25) is 0 Å². The number of imidazole rings is 1. The van der Waals surface area contributed by atoms with Crippen LogP contribution in [0.3, 0.4) is 0 Å². The normalized spacial score (nSPS) is 28.5. The van der Waals surface area contributed by atoms with Crippen LogP contribution in [-0.4, -0.2) is 36.5 Å². The van der Waals surface area contributed by atoms with Crippen LogP contribution in [0.15, 0.2) is 11.2 Å². The first-order valence-electron chi connectivity index (χ1n) is 6.74. The third-order valence-corrected chi connectivity index (χ3v) is 5.00. The molecule has 0 aromatic carbocycles. The summed E-state index contributed by atoms with van der Waals surface area (Å²) < 4.78 is 27.3. The Morgan fingerprint density at radius 1 is 1.42 bits per heavy atom. The molecule has 0 saturated carbocycles. The lowest BCUT2D eigenvalue weighted by Crippen LogP contribution is -2.54. The summed E-state index contributed by atoms with van der Waals surface area (Å²) in [7, 11) is -3.51. The summed E-state index contributed by atoms with van der Waals surface area (Å²) in [5.41, 5.74) is 0. The lowest BCUT2D eigenvalue weighted by molar-refractivity contribution is 0.296. The average molecular weight is 286 g/mol. The lowest BCUT2D eigenvalue weighted by Gasteiger charge is -2.34. The van der Waals surface area contributed by atoms with Gasteiger partial charge in [0.15, 0.2) is 5.03 Å².